The molecular weight excluding hydrogens is 404 g/mol. The smallest absolute Gasteiger partial charge is 0.194 e. The number of carbonyl (C=O) groups is 1. The number of hydrogen-bond donors (Lipinski definition) is 0. The van der Waals surface area contributed by atoms with E-state index in [2.05, 4.69) is 43.3 Å². The van der Waals surface area contributed by atoms with Gasteiger partial charge in [0.15, 0.2) is 11.9 Å². The molecule has 2 nitrogen and oxygen atoms in total. The monoisotopic (exact) mass is 442 g/mol. The second-order valence-electron chi connectivity index (χ2n) is 9.53. The summed E-state index contributed by atoms with van der Waals surface area (Å²) in [7, 11) is 0. The summed E-state index contributed by atoms with van der Waals surface area (Å²) in [5, 5.41) is 2.26. The number of ether oxygens (including phenoxy) is 1. The SMILES string of the molecule is CCCCCCCCCCCCc1ccccc1C1OC1C(=O)c1ccc2ccccc2c1. The maximum atomic E-state index is 13.1. The Balaban J connectivity index is 1.24. The molecule has 0 aromatic heterocycles. The molecule has 174 valence electrons. The Hall–Kier alpha value is -2.45. The Labute approximate surface area is 199 Å². The summed E-state index contributed by atoms with van der Waals surface area (Å²) in [5.41, 5.74) is 3.29. The van der Waals surface area contributed by atoms with Gasteiger partial charge in [-0.25, -0.2) is 0 Å². The van der Waals surface area contributed by atoms with E-state index in [1.54, 1.807) is 0 Å². The fourth-order valence-electron chi connectivity index (χ4n) is 4.90. The van der Waals surface area contributed by atoms with Crippen LogP contribution in [0.2, 0.25) is 0 Å². The maximum absolute atomic E-state index is 13.1. The van der Waals surface area contributed by atoms with Crippen LogP contribution in [0.1, 0.15) is 98.7 Å². The topological polar surface area (TPSA) is 29.6 Å². The van der Waals surface area contributed by atoms with Gasteiger partial charge in [0.2, 0.25) is 0 Å². The van der Waals surface area contributed by atoms with Crippen molar-refractivity contribution >= 4 is 16.6 Å². The highest BCUT2D eigenvalue weighted by molar-refractivity contribution is 6.04. The van der Waals surface area contributed by atoms with E-state index in [0.717, 1.165) is 22.8 Å². The summed E-state index contributed by atoms with van der Waals surface area (Å²) >= 11 is 0. The largest absolute Gasteiger partial charge is 0.356 e. The van der Waals surface area contributed by atoms with E-state index < -0.39 is 0 Å². The van der Waals surface area contributed by atoms with Gasteiger partial charge in [0.25, 0.3) is 0 Å². The highest BCUT2D eigenvalue weighted by atomic mass is 16.6. The summed E-state index contributed by atoms with van der Waals surface area (Å²) < 4.78 is 5.92. The van der Waals surface area contributed by atoms with E-state index in [1.165, 1.54) is 75.3 Å². The Morgan fingerprint density at radius 2 is 1.36 bits per heavy atom. The third-order valence-electron chi connectivity index (χ3n) is 6.95. The first kappa shape index (κ1) is 23.7. The summed E-state index contributed by atoms with van der Waals surface area (Å²) in [6, 6.07) is 22.6. The molecule has 0 N–H and O–H groups in total. The molecule has 0 amide bonds. The molecule has 1 aliphatic rings. The minimum absolute atomic E-state index is 0.0942. The lowest BCUT2D eigenvalue weighted by atomic mass is 9.95. The van der Waals surface area contributed by atoms with Gasteiger partial charge in [-0.2, -0.15) is 0 Å². The molecule has 0 radical (unpaired) electrons. The van der Waals surface area contributed by atoms with Crippen LogP contribution in [0.3, 0.4) is 0 Å². The lowest BCUT2D eigenvalue weighted by Gasteiger charge is -2.08. The second-order valence-corrected chi connectivity index (χ2v) is 9.53. The Morgan fingerprint density at radius 3 is 2.12 bits per heavy atom. The van der Waals surface area contributed by atoms with E-state index in [9.17, 15) is 4.79 Å². The lowest BCUT2D eigenvalue weighted by molar-refractivity contribution is 0.0954. The number of fused-ring (bicyclic) bond motifs is 1. The molecule has 1 heterocycles. The average molecular weight is 443 g/mol. The minimum Gasteiger partial charge on any atom is -0.356 e. The van der Waals surface area contributed by atoms with Crippen LogP contribution in [0.4, 0.5) is 0 Å². The molecule has 3 aromatic carbocycles. The van der Waals surface area contributed by atoms with Crippen molar-refractivity contribution in [2.45, 2.75) is 89.8 Å². The fraction of sp³-hybridized carbons (Fsp3) is 0.452. The number of ketones is 1. The zero-order valence-corrected chi connectivity index (χ0v) is 20.1. The average Bonchev–Trinajstić information content (AvgIpc) is 3.65. The van der Waals surface area contributed by atoms with Crippen LogP contribution >= 0.6 is 0 Å². The van der Waals surface area contributed by atoms with Gasteiger partial charge < -0.3 is 4.74 Å². The van der Waals surface area contributed by atoms with E-state index >= 15 is 0 Å². The quantitative estimate of drug-likeness (QED) is 0.142. The molecule has 0 saturated carbocycles. The van der Waals surface area contributed by atoms with Gasteiger partial charge in [-0.3, -0.25) is 4.79 Å². The zero-order valence-electron chi connectivity index (χ0n) is 20.1. The van der Waals surface area contributed by atoms with Crippen molar-refractivity contribution in [3.05, 3.63) is 83.4 Å². The van der Waals surface area contributed by atoms with Gasteiger partial charge in [0.05, 0.1) is 0 Å². The van der Waals surface area contributed by atoms with Crippen molar-refractivity contribution in [2.24, 2.45) is 0 Å². The van der Waals surface area contributed by atoms with Crippen molar-refractivity contribution in [3.8, 4) is 0 Å². The van der Waals surface area contributed by atoms with Gasteiger partial charge in [-0.1, -0.05) is 125 Å². The summed E-state index contributed by atoms with van der Waals surface area (Å²) in [4.78, 5) is 13.1. The first-order valence-corrected chi connectivity index (χ1v) is 13.0. The van der Waals surface area contributed by atoms with E-state index in [4.69, 9.17) is 4.74 Å². The third-order valence-corrected chi connectivity index (χ3v) is 6.95. The van der Waals surface area contributed by atoms with E-state index in [0.29, 0.717) is 0 Å². The van der Waals surface area contributed by atoms with Crippen molar-refractivity contribution in [3.63, 3.8) is 0 Å². The van der Waals surface area contributed by atoms with Crippen LogP contribution in [0, 0.1) is 0 Å². The standard InChI is InChI=1S/C31H38O2/c1-2-3-4-5-6-7-8-9-10-11-17-25-18-14-15-20-28(25)30-31(33-30)29(32)27-22-21-24-16-12-13-19-26(24)23-27/h12-16,18-23,30-31H,2-11,17H2,1H3. The third kappa shape index (κ3) is 6.54. The van der Waals surface area contributed by atoms with Gasteiger partial charge in [-0.05, 0) is 40.8 Å². The molecule has 2 heteroatoms. The van der Waals surface area contributed by atoms with Gasteiger partial charge in [0, 0.05) is 5.56 Å². The van der Waals surface area contributed by atoms with Crippen LogP contribution in [0.15, 0.2) is 66.7 Å². The number of hydrogen-bond acceptors (Lipinski definition) is 2. The summed E-state index contributed by atoms with van der Waals surface area (Å²) in [6.45, 7) is 2.27. The van der Waals surface area contributed by atoms with Crippen LogP contribution in [0.5, 0.6) is 0 Å². The predicted molar refractivity (Wildman–Crippen MR) is 138 cm³/mol. The molecule has 0 spiro atoms. The zero-order chi connectivity index (χ0) is 22.9. The minimum atomic E-state index is -0.347. The number of benzene rings is 3. The normalized spacial score (nSPS) is 17.4. The molecule has 1 saturated heterocycles. The molecule has 0 bridgehead atoms. The molecule has 33 heavy (non-hydrogen) atoms. The molecule has 1 aliphatic heterocycles. The fourth-order valence-corrected chi connectivity index (χ4v) is 4.90. The van der Waals surface area contributed by atoms with Crippen LogP contribution in [-0.4, -0.2) is 11.9 Å². The molecule has 4 rings (SSSR count). The van der Waals surface area contributed by atoms with Crippen molar-refractivity contribution in [2.75, 3.05) is 0 Å². The number of rotatable bonds is 14. The number of Topliss-reactive ketones (excluding diaryl/α,β-unsaturated/α-hetero) is 1. The highest BCUT2D eigenvalue weighted by Gasteiger charge is 2.46. The molecule has 0 aliphatic carbocycles. The number of carbonyl (C=O) groups excluding carboxylic acids is 1. The Morgan fingerprint density at radius 1 is 0.727 bits per heavy atom. The first-order chi connectivity index (χ1) is 16.3. The van der Waals surface area contributed by atoms with Crippen LogP contribution in [-0.2, 0) is 11.2 Å². The molecule has 2 unspecified atom stereocenters. The predicted octanol–water partition coefficient (Wildman–Crippen LogP) is 8.63. The summed E-state index contributed by atoms with van der Waals surface area (Å²) in [6.07, 6.45) is 14.1. The molecule has 2 atom stereocenters. The highest BCUT2D eigenvalue weighted by Crippen LogP contribution is 2.42. The van der Waals surface area contributed by atoms with Crippen molar-refractivity contribution in [1.29, 1.82) is 0 Å². The van der Waals surface area contributed by atoms with Crippen LogP contribution < -0.4 is 0 Å². The van der Waals surface area contributed by atoms with Gasteiger partial charge >= 0.3 is 0 Å². The van der Waals surface area contributed by atoms with Crippen molar-refractivity contribution < 1.29 is 9.53 Å². The number of epoxide rings is 1. The van der Waals surface area contributed by atoms with E-state index in [1.807, 2.05) is 30.3 Å². The Bertz CT molecular complexity index is 1040. The van der Waals surface area contributed by atoms with E-state index in [-0.39, 0.29) is 18.0 Å². The van der Waals surface area contributed by atoms with Crippen LogP contribution in [0.25, 0.3) is 10.8 Å². The Kier molecular flexibility index (Phi) is 8.72. The van der Waals surface area contributed by atoms with Gasteiger partial charge in [-0.15, -0.1) is 0 Å². The number of unbranched alkanes of at least 4 members (excludes halogenated alkanes) is 9. The second kappa shape index (κ2) is 12.1. The van der Waals surface area contributed by atoms with Crippen molar-refractivity contribution in [1.82, 2.24) is 0 Å². The first-order valence-electron chi connectivity index (χ1n) is 13.0. The number of aryl methyl sites for hydroxylation is 1. The maximum Gasteiger partial charge on any atom is 0.194 e. The molecule has 3 aromatic rings. The van der Waals surface area contributed by atoms with Gasteiger partial charge in [0.1, 0.15) is 6.10 Å². The molecule has 1 fully saturated rings. The summed E-state index contributed by atoms with van der Waals surface area (Å²) in [5.74, 6) is 0.0968. The lowest BCUT2D eigenvalue weighted by Crippen LogP contribution is -2.08. The molecular formula is C31H38O2.